The summed E-state index contributed by atoms with van der Waals surface area (Å²) in [5.41, 5.74) is 0. The first-order chi connectivity index (χ1) is 11.5. The number of rotatable bonds is 11. The molecule has 2 unspecified atom stereocenters. The molecule has 0 aromatic heterocycles. The van der Waals surface area contributed by atoms with E-state index < -0.39 is 0 Å². The molecule has 0 N–H and O–H groups in total. The van der Waals surface area contributed by atoms with Gasteiger partial charge >= 0.3 is 11.9 Å². The van der Waals surface area contributed by atoms with Crippen molar-refractivity contribution in [2.24, 2.45) is 17.8 Å². The standard InChI is InChI=1S/C20H36O4/c1-4-5-6-7-8-13-23-19(21)17-10-9-11-18(15-17)20(22)24-14-12-16(2)3/h16-18H,4-15H2,1-3H3. The van der Waals surface area contributed by atoms with Gasteiger partial charge in [-0.05, 0) is 38.0 Å². The Bertz CT molecular complexity index is 365. The molecule has 4 nitrogen and oxygen atoms in total. The Hall–Kier alpha value is -1.06. The summed E-state index contributed by atoms with van der Waals surface area (Å²) >= 11 is 0. The van der Waals surface area contributed by atoms with E-state index in [1.165, 1.54) is 19.3 Å². The molecular weight excluding hydrogens is 304 g/mol. The van der Waals surface area contributed by atoms with E-state index in [4.69, 9.17) is 9.47 Å². The lowest BCUT2D eigenvalue weighted by molar-refractivity contribution is -0.155. The number of carbonyl (C=O) groups is 2. The maximum Gasteiger partial charge on any atom is 0.308 e. The zero-order chi connectivity index (χ0) is 17.8. The summed E-state index contributed by atoms with van der Waals surface area (Å²) in [4.78, 5) is 24.3. The molecule has 24 heavy (non-hydrogen) atoms. The highest BCUT2D eigenvalue weighted by Crippen LogP contribution is 2.31. The molecule has 0 saturated heterocycles. The van der Waals surface area contributed by atoms with Crippen LogP contribution in [0.15, 0.2) is 0 Å². The lowest BCUT2D eigenvalue weighted by Crippen LogP contribution is -2.30. The van der Waals surface area contributed by atoms with Crippen molar-refractivity contribution in [1.82, 2.24) is 0 Å². The Morgan fingerprint density at radius 3 is 2.08 bits per heavy atom. The molecule has 4 heteroatoms. The van der Waals surface area contributed by atoms with E-state index in [2.05, 4.69) is 20.8 Å². The van der Waals surface area contributed by atoms with Gasteiger partial charge in [0.1, 0.15) is 0 Å². The molecule has 1 saturated carbocycles. The molecule has 0 bridgehead atoms. The number of hydrogen-bond acceptors (Lipinski definition) is 4. The summed E-state index contributed by atoms with van der Waals surface area (Å²) in [5.74, 6) is 0.0205. The maximum absolute atomic E-state index is 12.2. The lowest BCUT2D eigenvalue weighted by atomic mass is 9.81. The first-order valence-corrected chi connectivity index (χ1v) is 9.87. The van der Waals surface area contributed by atoms with Gasteiger partial charge in [0, 0.05) is 0 Å². The first-order valence-electron chi connectivity index (χ1n) is 9.87. The van der Waals surface area contributed by atoms with E-state index in [1.807, 2.05) is 0 Å². The van der Waals surface area contributed by atoms with Crippen LogP contribution in [0.5, 0.6) is 0 Å². The fourth-order valence-corrected chi connectivity index (χ4v) is 3.13. The smallest absolute Gasteiger partial charge is 0.308 e. The zero-order valence-electron chi connectivity index (χ0n) is 15.9. The van der Waals surface area contributed by atoms with Gasteiger partial charge in [0.2, 0.25) is 0 Å². The van der Waals surface area contributed by atoms with Crippen molar-refractivity contribution in [3.63, 3.8) is 0 Å². The van der Waals surface area contributed by atoms with Crippen LogP contribution < -0.4 is 0 Å². The van der Waals surface area contributed by atoms with Crippen LogP contribution >= 0.6 is 0 Å². The molecule has 1 fully saturated rings. The summed E-state index contributed by atoms with van der Waals surface area (Å²) in [6.07, 6.45) is 9.80. The highest BCUT2D eigenvalue weighted by Gasteiger charge is 2.32. The van der Waals surface area contributed by atoms with Crippen LogP contribution in [0, 0.1) is 17.8 Å². The average Bonchev–Trinajstić information content (AvgIpc) is 2.57. The highest BCUT2D eigenvalue weighted by atomic mass is 16.5. The van der Waals surface area contributed by atoms with Crippen molar-refractivity contribution >= 4 is 11.9 Å². The van der Waals surface area contributed by atoms with Crippen molar-refractivity contribution in [2.45, 2.75) is 85.0 Å². The molecule has 2 atom stereocenters. The molecule has 0 amide bonds. The van der Waals surface area contributed by atoms with Crippen LogP contribution in [0.4, 0.5) is 0 Å². The molecule has 0 heterocycles. The molecule has 1 aliphatic rings. The Morgan fingerprint density at radius 2 is 1.50 bits per heavy atom. The minimum absolute atomic E-state index is 0.120. The molecule has 0 radical (unpaired) electrons. The number of carbonyl (C=O) groups excluding carboxylic acids is 2. The van der Waals surface area contributed by atoms with Crippen LogP contribution in [-0.2, 0) is 19.1 Å². The van der Waals surface area contributed by atoms with Gasteiger partial charge in [-0.2, -0.15) is 0 Å². The summed E-state index contributed by atoms with van der Waals surface area (Å²) in [5, 5.41) is 0. The highest BCUT2D eigenvalue weighted by molar-refractivity contribution is 5.76. The third-order valence-electron chi connectivity index (χ3n) is 4.77. The average molecular weight is 341 g/mol. The van der Waals surface area contributed by atoms with Crippen molar-refractivity contribution in [3.8, 4) is 0 Å². The quantitative estimate of drug-likeness (QED) is 0.397. The van der Waals surface area contributed by atoms with Crippen molar-refractivity contribution in [2.75, 3.05) is 13.2 Å². The van der Waals surface area contributed by atoms with Crippen molar-refractivity contribution < 1.29 is 19.1 Å². The predicted octanol–water partition coefficient (Wildman–Crippen LogP) is 4.90. The Balaban J connectivity index is 2.23. The summed E-state index contributed by atoms with van der Waals surface area (Å²) < 4.78 is 10.8. The normalized spacial score (nSPS) is 20.8. The van der Waals surface area contributed by atoms with Gasteiger partial charge in [0.05, 0.1) is 25.0 Å². The maximum atomic E-state index is 12.2. The number of ether oxygens (including phenoxy) is 2. The van der Waals surface area contributed by atoms with Gasteiger partial charge in [-0.15, -0.1) is 0 Å². The Labute approximate surface area is 147 Å². The third-order valence-corrected chi connectivity index (χ3v) is 4.77. The van der Waals surface area contributed by atoms with Crippen molar-refractivity contribution in [3.05, 3.63) is 0 Å². The van der Waals surface area contributed by atoms with E-state index in [9.17, 15) is 9.59 Å². The predicted molar refractivity (Wildman–Crippen MR) is 95.6 cm³/mol. The van der Waals surface area contributed by atoms with Crippen LogP contribution in [0.1, 0.15) is 85.0 Å². The SMILES string of the molecule is CCCCCCCOC(=O)C1CCCC(C(=O)OCCC(C)C)C1. The number of esters is 2. The summed E-state index contributed by atoms with van der Waals surface area (Å²) in [7, 11) is 0. The van der Waals surface area contributed by atoms with Gasteiger partial charge in [0.25, 0.3) is 0 Å². The first kappa shape index (κ1) is 21.0. The van der Waals surface area contributed by atoms with Gasteiger partial charge < -0.3 is 9.47 Å². The monoisotopic (exact) mass is 340 g/mol. The largest absolute Gasteiger partial charge is 0.465 e. The molecule has 1 aliphatic carbocycles. The molecule has 140 valence electrons. The van der Waals surface area contributed by atoms with Gasteiger partial charge in [-0.3, -0.25) is 9.59 Å². The Morgan fingerprint density at radius 1 is 0.917 bits per heavy atom. The van der Waals surface area contributed by atoms with Crippen LogP contribution in [-0.4, -0.2) is 25.2 Å². The molecule has 1 rings (SSSR count). The molecule has 0 aromatic carbocycles. The zero-order valence-corrected chi connectivity index (χ0v) is 15.9. The number of hydrogen-bond donors (Lipinski definition) is 0. The summed E-state index contributed by atoms with van der Waals surface area (Å²) in [6.45, 7) is 7.42. The summed E-state index contributed by atoms with van der Waals surface area (Å²) in [6, 6.07) is 0. The number of unbranched alkanes of at least 4 members (excludes halogenated alkanes) is 4. The Kier molecular flexibility index (Phi) is 10.8. The second-order valence-corrected chi connectivity index (χ2v) is 7.49. The second-order valence-electron chi connectivity index (χ2n) is 7.49. The molecule has 0 aromatic rings. The van der Waals surface area contributed by atoms with Gasteiger partial charge in [0.15, 0.2) is 0 Å². The molecular formula is C20H36O4. The minimum atomic E-state index is -0.132. The van der Waals surface area contributed by atoms with Gasteiger partial charge in [-0.1, -0.05) is 52.9 Å². The van der Waals surface area contributed by atoms with E-state index in [1.54, 1.807) is 0 Å². The van der Waals surface area contributed by atoms with E-state index in [0.29, 0.717) is 25.6 Å². The fraction of sp³-hybridized carbons (Fsp3) is 0.900. The third kappa shape index (κ3) is 8.70. The van der Waals surface area contributed by atoms with Crippen LogP contribution in [0.25, 0.3) is 0 Å². The fourth-order valence-electron chi connectivity index (χ4n) is 3.13. The lowest BCUT2D eigenvalue weighted by Gasteiger charge is -2.26. The van der Waals surface area contributed by atoms with E-state index in [-0.39, 0.29) is 23.8 Å². The molecule has 0 spiro atoms. The van der Waals surface area contributed by atoms with Crippen LogP contribution in [0.3, 0.4) is 0 Å². The second kappa shape index (κ2) is 12.3. The van der Waals surface area contributed by atoms with Crippen LogP contribution in [0.2, 0.25) is 0 Å². The van der Waals surface area contributed by atoms with Gasteiger partial charge in [-0.25, -0.2) is 0 Å². The van der Waals surface area contributed by atoms with E-state index >= 15 is 0 Å². The van der Waals surface area contributed by atoms with Crippen molar-refractivity contribution in [1.29, 1.82) is 0 Å². The topological polar surface area (TPSA) is 52.6 Å². The molecule has 0 aliphatic heterocycles. The minimum Gasteiger partial charge on any atom is -0.465 e. The van der Waals surface area contributed by atoms with E-state index in [0.717, 1.165) is 38.5 Å².